The molecule has 2 amide bonds. The number of benzene rings is 5. The molecule has 16 rings (SSSR count). The summed E-state index contributed by atoms with van der Waals surface area (Å²) in [5.41, 5.74) is 15.2. The highest BCUT2D eigenvalue weighted by molar-refractivity contribution is 7.15. The number of morpholine rings is 1. The number of aromatic amines is 5. The van der Waals surface area contributed by atoms with Crippen LogP contribution in [0.5, 0.6) is 28.7 Å². The van der Waals surface area contributed by atoms with Gasteiger partial charge in [0.25, 0.3) is 11.8 Å². The summed E-state index contributed by atoms with van der Waals surface area (Å²) in [5, 5.41) is 36.7. The van der Waals surface area contributed by atoms with Gasteiger partial charge in [-0.05, 0) is 180 Å². The van der Waals surface area contributed by atoms with Crippen molar-refractivity contribution in [3.05, 3.63) is 212 Å². The molecule has 11 heterocycles. The highest BCUT2D eigenvalue weighted by atomic mass is 32.1. The average molecular weight is 2120 g/mol. The number of methoxy groups -OCH3 is 1. The molecule has 10 aromatic heterocycles. The maximum absolute atomic E-state index is 12.6. The third-order valence-electron chi connectivity index (χ3n) is 18.8. The van der Waals surface area contributed by atoms with Crippen molar-refractivity contribution in [2.24, 2.45) is 35.3 Å². The predicted molar refractivity (Wildman–Crippen MR) is 620 cm³/mol. The molecule has 15 aromatic rings. The van der Waals surface area contributed by atoms with E-state index in [0.717, 1.165) is 72.7 Å². The van der Waals surface area contributed by atoms with E-state index in [4.69, 9.17) is 34.2 Å². The number of ether oxygens (including phenoxy) is 6. The Kier molecular flexibility index (Phi) is 48.8. The summed E-state index contributed by atoms with van der Waals surface area (Å²) in [6.45, 7) is 60.6. The number of likely N-dealkylation sites (N-methyl/N-ethyl adjacent to an activating group) is 1. The molecule has 806 valence electrons. The number of nitrogens with zero attached hydrogens (tertiary/aromatic N) is 8. The quantitative estimate of drug-likeness (QED) is 0.0240. The number of hydrogen-bond acceptors (Lipinski definition) is 29. The highest BCUT2D eigenvalue weighted by Gasteiger charge is 2.22. The van der Waals surface area contributed by atoms with E-state index >= 15 is 0 Å². The van der Waals surface area contributed by atoms with Gasteiger partial charge in [-0.2, -0.15) is 0 Å². The molecule has 12 N–H and O–H groups in total. The topological polar surface area (TPSA) is 432 Å². The molecule has 1 fully saturated rings. The van der Waals surface area contributed by atoms with Gasteiger partial charge in [0.1, 0.15) is 47.7 Å². The third-order valence-corrected chi connectivity index (χ3v) is 21.9. The monoisotopic (exact) mass is 2120 g/mol. The van der Waals surface area contributed by atoms with E-state index in [1.807, 2.05) is 89.9 Å². The number of thiazole rings is 4. The maximum atomic E-state index is 12.6. The number of anilines is 4. The van der Waals surface area contributed by atoms with Crippen LogP contribution in [0.1, 0.15) is 193 Å². The summed E-state index contributed by atoms with van der Waals surface area (Å²) in [6.07, 6.45) is 3.30. The Balaban J connectivity index is 0.000000241. The first-order valence-electron chi connectivity index (χ1n) is 50.2. The Morgan fingerprint density at radius 2 is 0.671 bits per heavy atom. The van der Waals surface area contributed by atoms with Crippen molar-refractivity contribution in [2.75, 3.05) is 95.2 Å². The van der Waals surface area contributed by atoms with Gasteiger partial charge < -0.3 is 95.2 Å². The van der Waals surface area contributed by atoms with Gasteiger partial charge in [0, 0.05) is 172 Å². The molecule has 149 heavy (non-hydrogen) atoms. The Bertz CT molecular complexity index is 6860. The smallest absolute Gasteiger partial charge is 0.260 e. The fourth-order valence-corrected chi connectivity index (χ4v) is 16.1. The van der Waals surface area contributed by atoms with Gasteiger partial charge >= 0.3 is 0 Å². The van der Waals surface area contributed by atoms with Crippen LogP contribution in [0.3, 0.4) is 0 Å². The first-order valence-corrected chi connectivity index (χ1v) is 53.8. The molecule has 5 aromatic carbocycles. The predicted octanol–water partition coefficient (Wildman–Crippen LogP) is 23.5. The third kappa shape index (κ3) is 43.5. The summed E-state index contributed by atoms with van der Waals surface area (Å²) >= 11 is 6.00. The summed E-state index contributed by atoms with van der Waals surface area (Å²) < 4.78 is 33.0. The van der Waals surface area contributed by atoms with E-state index in [0.29, 0.717) is 168 Å². The molecule has 0 aliphatic carbocycles. The average Bonchev–Trinajstić information content (AvgIpc) is 1.79. The number of nitrogens with one attached hydrogen (secondary N) is 9. The SMILES string of the molecule is CC(C)C.CC(C)C.CC(C)C.CC(C)C.CC(C)C.CC(C)Nc1nc(-c2cc(=O)c3ccc(OCC(=O)N(C)C)cc3[nH]2)cs1.CC(C)Nc1nc(-c2cc(=O)c3ccc(OCC(=O)N4CCOCC4)cc3[nH]2)cs1.CC(C)Nc1nc(-c2cc(=O)c3ccc(OCC(C)(C)N)cc3[nH]2)cs1.CC(C)Nc1nc(-c2cc(=O)c3ccc(OCC(C)(C)O)cc3[nH]2)cs1.COc1ccc2c(=O)cc(-c3cncc(C)n3)[nH]c2c1. The van der Waals surface area contributed by atoms with Crippen LogP contribution in [-0.2, 0) is 14.3 Å². The van der Waals surface area contributed by atoms with Crippen molar-refractivity contribution in [2.45, 2.75) is 229 Å². The van der Waals surface area contributed by atoms with Crippen molar-refractivity contribution in [3.8, 4) is 85.7 Å². The van der Waals surface area contributed by atoms with Crippen molar-refractivity contribution in [1.82, 2.24) is 64.6 Å². The lowest BCUT2D eigenvalue weighted by atomic mass is 10.1. The minimum Gasteiger partial charge on any atom is -0.497 e. The summed E-state index contributed by atoms with van der Waals surface area (Å²) in [5.74, 6) is 6.96. The molecule has 0 spiro atoms. The van der Waals surface area contributed by atoms with Crippen LogP contribution in [0.2, 0.25) is 0 Å². The fourth-order valence-electron chi connectivity index (χ4n) is 12.6. The number of rotatable bonds is 26. The lowest BCUT2D eigenvalue weighted by molar-refractivity contribution is -0.137. The molecular formula is C113H156N18O14S4. The minimum atomic E-state index is -0.926. The van der Waals surface area contributed by atoms with E-state index in [9.17, 15) is 38.7 Å². The van der Waals surface area contributed by atoms with Gasteiger partial charge in [0.2, 0.25) is 0 Å². The molecule has 32 nitrogen and oxygen atoms in total. The molecule has 0 unspecified atom stereocenters. The number of aliphatic hydroxyl groups is 1. The number of pyridine rings is 5. The molecule has 0 atom stereocenters. The zero-order valence-electron chi connectivity index (χ0n) is 92.4. The van der Waals surface area contributed by atoms with Gasteiger partial charge in [-0.25, -0.2) is 24.9 Å². The van der Waals surface area contributed by atoms with Crippen molar-refractivity contribution >= 4 is 132 Å². The van der Waals surface area contributed by atoms with E-state index in [2.05, 4.69) is 194 Å². The number of fused-ring (bicyclic) bond motifs is 5. The van der Waals surface area contributed by atoms with Gasteiger partial charge in [0.05, 0.1) is 117 Å². The second-order valence-corrected chi connectivity index (χ2v) is 45.2. The van der Waals surface area contributed by atoms with Crippen molar-refractivity contribution < 1.29 is 43.1 Å². The lowest BCUT2D eigenvalue weighted by Crippen LogP contribution is -2.42. The largest absolute Gasteiger partial charge is 0.497 e. The van der Waals surface area contributed by atoms with Gasteiger partial charge in [0.15, 0.2) is 60.9 Å². The van der Waals surface area contributed by atoms with Crippen LogP contribution in [-0.4, -0.2) is 191 Å². The van der Waals surface area contributed by atoms with Gasteiger partial charge in [-0.15, -0.1) is 45.3 Å². The fraction of sp³-hybridized carbons (Fsp3) is 0.442. The summed E-state index contributed by atoms with van der Waals surface area (Å²) in [4.78, 5) is 132. The molecule has 0 radical (unpaired) electrons. The molecule has 1 saturated heterocycles. The van der Waals surface area contributed by atoms with Gasteiger partial charge in [-0.3, -0.25) is 38.5 Å². The van der Waals surface area contributed by atoms with E-state index in [1.54, 1.807) is 162 Å². The number of amides is 2. The Morgan fingerprint density at radius 3 is 0.940 bits per heavy atom. The molecule has 0 saturated carbocycles. The van der Waals surface area contributed by atoms with Gasteiger partial charge in [-0.1, -0.05) is 104 Å². The Hall–Kier alpha value is -13.2. The number of nitrogens with two attached hydrogens (primary N) is 1. The van der Waals surface area contributed by atoms with Crippen molar-refractivity contribution in [3.63, 3.8) is 0 Å². The number of H-pyrrole nitrogens is 5. The maximum Gasteiger partial charge on any atom is 0.260 e. The Morgan fingerprint density at radius 1 is 0.403 bits per heavy atom. The standard InChI is InChI=1S/C21H24N4O4S.C19H22N4O3S.C19H24N4O2S.C19H23N3O3S.C15H13N3O2.5C4H10/c1-13(2)22-21-24-18(12-30-21)17-10-19(26)15-4-3-14(9-16(15)23-17)29-11-20(27)25-5-7-28-8-6-25;1-11(2)20-19-22-16(10-27-19)15-8-17(24)13-6-5-12(7-14(13)21-15)26-9-18(25)23(3)4;1-11(2)21-18-23-16(9-26-18)15-8-17(24)13-6-5-12(7-14(13)22-15)25-10-19(3,4)20;1-11(2)20-18-22-16(9-26-18)15-8-17(23)13-6-5-12(7-14(13)21-15)25-10-19(3,4)24;1-9-7-16-8-14(17-9)13-6-15(19)11-4-3-10(20-2)5-12(11)18-13;5*1-4(2)3/h3-4,9-10,12-13H,5-8,11H2,1-2H3,(H,22,24)(H,23,26);5-8,10-11H,9H2,1-4H3,(H,20,22)(H,21,24);5-9,11H,10,20H2,1-4H3,(H,21,23)(H,22,24);5-9,11,24H,10H2,1-4H3,(H,20,22)(H,21,23);3-8H,1-2H3,(H,18,19);5*4H,1-3H3. The Labute approximate surface area is 891 Å². The highest BCUT2D eigenvalue weighted by Crippen LogP contribution is 2.33. The number of carbonyl (C=O) groups excluding carboxylic acids is 2. The van der Waals surface area contributed by atoms with E-state index in [1.165, 1.54) is 56.3 Å². The van der Waals surface area contributed by atoms with Crippen molar-refractivity contribution in [1.29, 1.82) is 0 Å². The van der Waals surface area contributed by atoms with E-state index in [-0.39, 0.29) is 70.9 Å². The number of hydrogen-bond donors (Lipinski definition) is 11. The molecule has 0 bridgehead atoms. The number of aryl methyl sites for hydroxylation is 1. The second kappa shape index (κ2) is 59.2. The van der Waals surface area contributed by atoms with Crippen LogP contribution >= 0.6 is 45.3 Å². The zero-order chi connectivity index (χ0) is 110. The summed E-state index contributed by atoms with van der Waals surface area (Å²) in [7, 11) is 4.94. The minimum absolute atomic E-state index is 0.0499. The zero-order valence-corrected chi connectivity index (χ0v) is 95.7. The molecule has 1 aliphatic heterocycles. The summed E-state index contributed by atoms with van der Waals surface area (Å²) in [6, 6.07) is 35.1. The number of carbonyl (C=O) groups is 2. The van der Waals surface area contributed by atoms with Crippen LogP contribution in [0.4, 0.5) is 20.5 Å². The van der Waals surface area contributed by atoms with Crippen LogP contribution in [0, 0.1) is 36.5 Å². The second-order valence-electron chi connectivity index (χ2n) is 41.8. The van der Waals surface area contributed by atoms with Crippen LogP contribution in [0.15, 0.2) is 179 Å². The van der Waals surface area contributed by atoms with Crippen LogP contribution in [0.25, 0.3) is 111 Å². The first-order chi connectivity index (χ1) is 70.1. The number of aromatic nitrogens is 11. The first kappa shape index (κ1) is 123. The molecule has 36 heteroatoms. The van der Waals surface area contributed by atoms with E-state index < -0.39 is 11.1 Å². The lowest BCUT2D eigenvalue weighted by Gasteiger charge is -2.26. The molecular weight excluding hydrogens is 1960 g/mol. The normalized spacial score (nSPS) is 11.7. The van der Waals surface area contributed by atoms with Crippen LogP contribution < -0.4 is 77.8 Å². The molecule has 1 aliphatic rings.